The van der Waals surface area contributed by atoms with Gasteiger partial charge in [0.2, 0.25) is 11.9 Å². The molecule has 0 saturated carbocycles. The average molecular weight is 530 g/mol. The van der Waals surface area contributed by atoms with Crippen molar-refractivity contribution in [2.24, 2.45) is 0 Å². The highest BCUT2D eigenvalue weighted by Crippen LogP contribution is 2.38. The highest BCUT2D eigenvalue weighted by molar-refractivity contribution is 6.02. The van der Waals surface area contributed by atoms with Gasteiger partial charge in [-0.05, 0) is 39.2 Å². The Balaban J connectivity index is 2.04. The quantitative estimate of drug-likeness (QED) is 0.239. The van der Waals surface area contributed by atoms with Crippen LogP contribution in [0.25, 0.3) is 17.7 Å². The zero-order valence-electron chi connectivity index (χ0n) is 23.2. The summed E-state index contributed by atoms with van der Waals surface area (Å²) in [5, 5.41) is 9.21. The number of nitrogens with one attached hydrogen (secondary N) is 3. The number of likely N-dealkylation sites (N-methyl/N-ethyl adjacent to an activating group) is 2. The van der Waals surface area contributed by atoms with E-state index in [1.165, 1.54) is 6.08 Å². The molecule has 0 aliphatic carbocycles. The van der Waals surface area contributed by atoms with Crippen LogP contribution in [0.1, 0.15) is 5.69 Å². The van der Waals surface area contributed by atoms with Crippen molar-refractivity contribution in [3.05, 3.63) is 48.8 Å². The third-order valence-electron chi connectivity index (χ3n) is 5.89. The van der Waals surface area contributed by atoms with Crippen LogP contribution in [0.5, 0.6) is 5.75 Å². The van der Waals surface area contributed by atoms with Gasteiger partial charge in [0.25, 0.3) is 0 Å². The first-order chi connectivity index (χ1) is 18.7. The van der Waals surface area contributed by atoms with Crippen molar-refractivity contribution in [3.8, 4) is 29.6 Å². The predicted octanol–water partition coefficient (Wildman–Crippen LogP) is 3.67. The number of hydrogen-bond acceptors (Lipinski definition) is 9. The summed E-state index contributed by atoms with van der Waals surface area (Å²) in [6, 6.07) is 5.42. The molecule has 3 rings (SSSR count). The lowest BCUT2D eigenvalue weighted by Gasteiger charge is -2.26. The highest BCUT2D eigenvalue weighted by Gasteiger charge is 2.18. The van der Waals surface area contributed by atoms with E-state index in [0.29, 0.717) is 40.4 Å². The van der Waals surface area contributed by atoms with Crippen molar-refractivity contribution in [1.29, 1.82) is 0 Å². The Hall–Kier alpha value is -4.82. The Morgan fingerprint density at radius 3 is 2.64 bits per heavy atom. The first kappa shape index (κ1) is 28.7. The molecule has 0 unspecified atom stereocenters. The van der Waals surface area contributed by atoms with Crippen molar-refractivity contribution in [2.45, 2.75) is 6.92 Å². The van der Waals surface area contributed by atoms with E-state index in [1.807, 2.05) is 43.6 Å². The fourth-order valence-electron chi connectivity index (χ4n) is 3.80. The molecule has 39 heavy (non-hydrogen) atoms. The molecule has 11 heteroatoms. The lowest BCUT2D eigenvalue weighted by Crippen LogP contribution is -2.29. The van der Waals surface area contributed by atoms with Gasteiger partial charge >= 0.3 is 0 Å². The normalized spacial score (nSPS) is 10.8. The summed E-state index contributed by atoms with van der Waals surface area (Å²) in [5.41, 5.74) is 3.41. The first-order valence-electron chi connectivity index (χ1n) is 12.2. The number of imidazole rings is 1. The minimum atomic E-state index is -0.325. The molecular weight excluding hydrogens is 494 g/mol. The molecule has 0 bridgehead atoms. The second-order valence-electron chi connectivity index (χ2n) is 8.85. The summed E-state index contributed by atoms with van der Waals surface area (Å²) in [5.74, 6) is 4.35. The molecule has 3 aromatic rings. The van der Waals surface area contributed by atoms with Crippen molar-refractivity contribution < 1.29 is 9.53 Å². The maximum Gasteiger partial charge on any atom is 0.247 e. The number of hydrogen-bond donors (Lipinski definition) is 3. The van der Waals surface area contributed by atoms with Gasteiger partial charge < -0.3 is 30.5 Å². The molecule has 0 aliphatic heterocycles. The van der Waals surface area contributed by atoms with E-state index in [9.17, 15) is 4.79 Å². The van der Waals surface area contributed by atoms with Crippen molar-refractivity contribution in [1.82, 2.24) is 24.4 Å². The number of aromatic nitrogens is 4. The molecule has 204 valence electrons. The van der Waals surface area contributed by atoms with Crippen LogP contribution in [0.4, 0.5) is 28.8 Å². The van der Waals surface area contributed by atoms with Gasteiger partial charge in [0.05, 0.1) is 29.9 Å². The number of benzene rings is 1. The number of rotatable bonds is 12. The largest absolute Gasteiger partial charge is 0.494 e. The maximum absolute atomic E-state index is 12.2. The van der Waals surface area contributed by atoms with Gasteiger partial charge in [-0.15, -0.1) is 6.42 Å². The number of ether oxygens (including phenoxy) is 1. The molecule has 0 fully saturated rings. The zero-order valence-corrected chi connectivity index (χ0v) is 23.2. The van der Waals surface area contributed by atoms with Gasteiger partial charge in [0.15, 0.2) is 5.82 Å². The van der Waals surface area contributed by atoms with Crippen molar-refractivity contribution in [2.75, 3.05) is 69.2 Å². The van der Waals surface area contributed by atoms with Crippen LogP contribution in [-0.4, -0.2) is 78.7 Å². The van der Waals surface area contributed by atoms with E-state index < -0.39 is 0 Å². The van der Waals surface area contributed by atoms with Gasteiger partial charge in [-0.25, -0.2) is 15.0 Å². The van der Waals surface area contributed by atoms with E-state index in [-0.39, 0.29) is 5.91 Å². The van der Waals surface area contributed by atoms with Crippen LogP contribution >= 0.6 is 0 Å². The van der Waals surface area contributed by atoms with Gasteiger partial charge in [-0.2, -0.15) is 0 Å². The van der Waals surface area contributed by atoms with Crippen LogP contribution in [0.2, 0.25) is 0 Å². The maximum atomic E-state index is 12.2. The summed E-state index contributed by atoms with van der Waals surface area (Å²) in [7, 11) is 9.36. The zero-order chi connectivity index (χ0) is 28.5. The average Bonchev–Trinajstić information content (AvgIpc) is 3.25. The third-order valence-corrected chi connectivity index (χ3v) is 5.89. The molecule has 0 aliphatic rings. The summed E-state index contributed by atoms with van der Waals surface area (Å²) in [6.07, 6.45) is 11.7. The number of methoxy groups -OCH3 is 1. The topological polar surface area (TPSA) is 112 Å². The Morgan fingerprint density at radius 1 is 1.23 bits per heavy atom. The molecule has 2 heterocycles. The lowest BCUT2D eigenvalue weighted by atomic mass is 10.2. The molecule has 0 saturated heterocycles. The van der Waals surface area contributed by atoms with Gasteiger partial charge in [-0.3, -0.25) is 9.36 Å². The molecule has 1 aromatic carbocycles. The number of carbonyl (C=O) groups excluding carboxylic acids is 1. The molecule has 1 amide bonds. The molecular formula is C28H35N9O2. The summed E-state index contributed by atoms with van der Waals surface area (Å²) < 4.78 is 7.55. The predicted molar refractivity (Wildman–Crippen MR) is 159 cm³/mol. The van der Waals surface area contributed by atoms with Crippen LogP contribution in [0.3, 0.4) is 0 Å². The molecule has 3 N–H and O–H groups in total. The molecule has 11 nitrogen and oxygen atoms in total. The summed E-state index contributed by atoms with van der Waals surface area (Å²) >= 11 is 0. The van der Waals surface area contributed by atoms with Crippen LogP contribution in [0, 0.1) is 19.3 Å². The fourth-order valence-corrected chi connectivity index (χ4v) is 3.80. The lowest BCUT2D eigenvalue weighted by molar-refractivity contribution is -0.111. The van der Waals surface area contributed by atoms with Crippen LogP contribution < -0.4 is 25.6 Å². The number of carbonyl (C=O) groups is 1. The standard InChI is InChI=1S/C28H35N9O2/c1-9-11-14-37-19(3)26(29-4)34-27(37)20-12-13-30-28(32-20)33-22-17-21(31-25(38)10-2)23(18-24(22)39-8)36(7)16-15-35(5)6/h1,10-14,17-18,29H,2,15-16H2,3-8H3,(H,31,38)(H,30,32,33)/b14-11-. The number of allylic oxidation sites excluding steroid dienone is 1. The minimum Gasteiger partial charge on any atom is -0.494 e. The second-order valence-corrected chi connectivity index (χ2v) is 8.85. The van der Waals surface area contributed by atoms with Crippen molar-refractivity contribution >= 4 is 40.9 Å². The van der Waals surface area contributed by atoms with Crippen LogP contribution in [0.15, 0.2) is 43.1 Å². The Bertz CT molecular complexity index is 1400. The molecule has 0 radical (unpaired) electrons. The molecule has 0 atom stereocenters. The third kappa shape index (κ3) is 6.94. The number of terminal acetylenes is 1. The molecule has 2 aromatic heterocycles. The van der Waals surface area contributed by atoms with E-state index in [1.54, 1.807) is 44.8 Å². The fraction of sp³-hybridized carbons (Fsp3) is 0.286. The number of amides is 1. The first-order valence-corrected chi connectivity index (χ1v) is 12.2. The monoisotopic (exact) mass is 529 g/mol. The number of anilines is 5. The van der Waals surface area contributed by atoms with Gasteiger partial charge in [-0.1, -0.05) is 12.5 Å². The summed E-state index contributed by atoms with van der Waals surface area (Å²) in [4.78, 5) is 30.1. The highest BCUT2D eigenvalue weighted by atomic mass is 16.5. The summed E-state index contributed by atoms with van der Waals surface area (Å²) in [6.45, 7) is 7.07. The smallest absolute Gasteiger partial charge is 0.247 e. The SMILES string of the molecule is C#C/C=C\n1c(-c2ccnc(Nc3cc(NC(=O)C=C)c(N(C)CCN(C)C)cc3OC)n2)nc(NC)c1C. The Kier molecular flexibility index (Phi) is 9.67. The molecule has 0 spiro atoms. The van der Waals surface area contributed by atoms with Gasteiger partial charge in [0, 0.05) is 51.7 Å². The van der Waals surface area contributed by atoms with E-state index in [0.717, 1.165) is 24.5 Å². The Morgan fingerprint density at radius 2 is 2.00 bits per heavy atom. The van der Waals surface area contributed by atoms with E-state index in [4.69, 9.17) is 16.1 Å². The Labute approximate surface area is 229 Å². The van der Waals surface area contributed by atoms with Crippen molar-refractivity contribution in [3.63, 3.8) is 0 Å². The second kappa shape index (κ2) is 13.1. The minimum absolute atomic E-state index is 0.319. The van der Waals surface area contributed by atoms with E-state index >= 15 is 0 Å². The van der Waals surface area contributed by atoms with Gasteiger partial charge in [0.1, 0.15) is 17.3 Å². The van der Waals surface area contributed by atoms with Crippen LogP contribution in [-0.2, 0) is 4.79 Å². The number of nitrogens with zero attached hydrogens (tertiary/aromatic N) is 6. The van der Waals surface area contributed by atoms with E-state index in [2.05, 4.69) is 43.3 Å².